The molecule has 0 radical (unpaired) electrons. The van der Waals surface area contributed by atoms with Gasteiger partial charge in [-0.05, 0) is 96.3 Å². The first-order valence-corrected chi connectivity index (χ1v) is 27.6. The van der Waals surface area contributed by atoms with Crippen molar-refractivity contribution in [3.05, 3.63) is 97.2 Å². The topological polar surface area (TPSA) is 155 Å². The van der Waals surface area contributed by atoms with Crippen LogP contribution in [0.4, 0.5) is 0 Å². The zero-order chi connectivity index (χ0) is 49.9. The van der Waals surface area contributed by atoms with Gasteiger partial charge in [0.25, 0.3) is 0 Å². The Labute approximate surface area is 412 Å². The Morgan fingerprint density at radius 3 is 1.18 bits per heavy atom. The minimum Gasteiger partial charge on any atom is -0.462 e. The molecule has 0 amide bonds. The number of ether oxygens (including phenoxy) is 3. The molecule has 0 aromatic rings. The summed E-state index contributed by atoms with van der Waals surface area (Å²) < 4.78 is 39.2. The number of carbonyl (C=O) groups is 3. The van der Waals surface area contributed by atoms with Crippen molar-refractivity contribution < 1.29 is 52.2 Å². The van der Waals surface area contributed by atoms with Gasteiger partial charge in [-0.1, -0.05) is 182 Å². The molecule has 3 atom stereocenters. The first kappa shape index (κ1) is 64.4. The molecular weight excluding hydrogens is 880 g/mol. The molecule has 388 valence electrons. The highest BCUT2D eigenvalue weighted by Gasteiger charge is 2.28. The van der Waals surface area contributed by atoms with Gasteiger partial charge in [0.2, 0.25) is 0 Å². The summed E-state index contributed by atoms with van der Waals surface area (Å²) in [4.78, 5) is 48.2. The first-order chi connectivity index (χ1) is 33.2. The van der Waals surface area contributed by atoms with Crippen molar-refractivity contribution in [2.75, 3.05) is 26.4 Å². The molecule has 0 fully saturated rings. The van der Waals surface area contributed by atoms with E-state index in [0.29, 0.717) is 19.3 Å². The van der Waals surface area contributed by atoms with Crippen LogP contribution in [0.5, 0.6) is 0 Å². The number of carbonyl (C=O) groups excluding carboxylic acids is 3. The summed E-state index contributed by atoms with van der Waals surface area (Å²) in [5.41, 5.74) is 0. The normalized spacial score (nSPS) is 14.2. The van der Waals surface area contributed by atoms with Crippen LogP contribution in [0.2, 0.25) is 0 Å². The van der Waals surface area contributed by atoms with E-state index >= 15 is 0 Å². The molecule has 0 aliphatic rings. The van der Waals surface area contributed by atoms with Crippen LogP contribution in [0.25, 0.3) is 0 Å². The number of hydrogen-bond acceptors (Lipinski definition) is 10. The third kappa shape index (κ3) is 47.5. The molecule has 0 aliphatic heterocycles. The summed E-state index contributed by atoms with van der Waals surface area (Å²) >= 11 is 0. The number of hydrogen-bond donors (Lipinski definition) is 2. The van der Waals surface area contributed by atoms with E-state index in [2.05, 4.69) is 118 Å². The van der Waals surface area contributed by atoms with Gasteiger partial charge in [0.05, 0.1) is 19.8 Å². The lowest BCUT2D eigenvalue weighted by atomic mass is 10.1. The van der Waals surface area contributed by atoms with Gasteiger partial charge < -0.3 is 24.2 Å². The Kier molecular flexibility index (Phi) is 47.2. The van der Waals surface area contributed by atoms with Crippen LogP contribution in [0, 0.1) is 0 Å². The van der Waals surface area contributed by atoms with E-state index in [-0.39, 0.29) is 25.9 Å². The quantitative estimate of drug-likeness (QED) is 0.0197. The maximum absolute atomic E-state index is 12.8. The molecule has 0 heterocycles. The van der Waals surface area contributed by atoms with Gasteiger partial charge in [0.15, 0.2) is 6.10 Å². The highest BCUT2D eigenvalue weighted by molar-refractivity contribution is 7.47. The van der Waals surface area contributed by atoms with Crippen molar-refractivity contribution in [2.45, 2.75) is 213 Å². The van der Waals surface area contributed by atoms with Crippen molar-refractivity contribution in [1.82, 2.24) is 0 Å². The summed E-state index contributed by atoms with van der Waals surface area (Å²) in [5.74, 6) is -1.55. The zero-order valence-electron chi connectivity index (χ0n) is 42.5. The van der Waals surface area contributed by atoms with Crippen LogP contribution in [0.15, 0.2) is 97.2 Å². The Hall–Kier alpha value is -3.60. The average Bonchev–Trinajstić information content (AvgIpc) is 3.32. The highest BCUT2D eigenvalue weighted by atomic mass is 31.2. The van der Waals surface area contributed by atoms with E-state index < -0.39 is 57.8 Å². The molecular formula is C56H93O11P. The molecule has 0 saturated heterocycles. The predicted molar refractivity (Wildman–Crippen MR) is 279 cm³/mol. The number of aliphatic hydroxyl groups is 1. The van der Waals surface area contributed by atoms with E-state index in [1.807, 2.05) is 0 Å². The van der Waals surface area contributed by atoms with E-state index in [1.165, 1.54) is 32.1 Å². The third-order valence-electron chi connectivity index (χ3n) is 10.5. The number of allylic oxidation sites excluding steroid dienone is 16. The maximum atomic E-state index is 12.8. The number of unbranched alkanes of at least 4 members (excludes halogenated alkanes) is 14. The second-order valence-electron chi connectivity index (χ2n) is 16.9. The molecule has 2 N–H and O–H groups in total. The van der Waals surface area contributed by atoms with Crippen molar-refractivity contribution in [2.24, 2.45) is 0 Å². The third-order valence-corrected chi connectivity index (χ3v) is 11.5. The number of esters is 3. The Balaban J connectivity index is 4.85. The van der Waals surface area contributed by atoms with Gasteiger partial charge in [-0.15, -0.1) is 0 Å². The van der Waals surface area contributed by atoms with Crippen LogP contribution >= 0.6 is 7.82 Å². The van der Waals surface area contributed by atoms with Crippen molar-refractivity contribution >= 4 is 25.7 Å². The van der Waals surface area contributed by atoms with Crippen molar-refractivity contribution in [1.29, 1.82) is 0 Å². The molecule has 12 heteroatoms. The van der Waals surface area contributed by atoms with Crippen LogP contribution in [-0.4, -0.2) is 66.5 Å². The van der Waals surface area contributed by atoms with Crippen LogP contribution in [-0.2, 0) is 42.2 Å². The Morgan fingerprint density at radius 1 is 0.426 bits per heavy atom. The van der Waals surface area contributed by atoms with Gasteiger partial charge in [-0.2, -0.15) is 0 Å². The minimum absolute atomic E-state index is 0.118. The summed E-state index contributed by atoms with van der Waals surface area (Å²) in [6.45, 7) is 4.29. The van der Waals surface area contributed by atoms with Gasteiger partial charge in [0, 0.05) is 19.3 Å². The number of rotatable bonds is 47. The summed E-state index contributed by atoms with van der Waals surface area (Å²) in [5, 5.41) is 9.75. The van der Waals surface area contributed by atoms with E-state index in [9.17, 15) is 28.9 Å². The molecule has 68 heavy (non-hydrogen) atoms. The Morgan fingerprint density at radius 2 is 0.765 bits per heavy atom. The SMILES string of the molecule is CC/C=C\C/C=C\C/C=C\C/C=C\C/C=C\CCCCCC(=O)OC(COC(=O)CCCCC/C=C\C/C=C\C/C=C\CC)COP(=O)(O)OCC(CO)OC(=O)CCCCCCCCCCC. The minimum atomic E-state index is -4.76. The molecule has 0 spiro atoms. The van der Waals surface area contributed by atoms with Gasteiger partial charge >= 0.3 is 25.7 Å². The lowest BCUT2D eigenvalue weighted by molar-refractivity contribution is -0.161. The van der Waals surface area contributed by atoms with Gasteiger partial charge in [-0.25, -0.2) is 4.57 Å². The first-order valence-electron chi connectivity index (χ1n) is 26.1. The van der Waals surface area contributed by atoms with Crippen LogP contribution < -0.4 is 0 Å². The number of phosphoric acid groups is 1. The Bertz CT molecular complexity index is 1510. The smallest absolute Gasteiger partial charge is 0.462 e. The average molecular weight is 973 g/mol. The van der Waals surface area contributed by atoms with Crippen LogP contribution in [0.1, 0.15) is 201 Å². The highest BCUT2D eigenvalue weighted by Crippen LogP contribution is 2.43. The zero-order valence-corrected chi connectivity index (χ0v) is 43.4. The monoisotopic (exact) mass is 973 g/mol. The van der Waals surface area contributed by atoms with E-state index in [0.717, 1.165) is 109 Å². The molecule has 0 rings (SSSR count). The van der Waals surface area contributed by atoms with E-state index in [1.54, 1.807) is 0 Å². The second-order valence-corrected chi connectivity index (χ2v) is 18.4. The molecule has 0 bridgehead atoms. The lowest BCUT2D eigenvalue weighted by Crippen LogP contribution is -2.30. The van der Waals surface area contributed by atoms with E-state index in [4.69, 9.17) is 23.3 Å². The van der Waals surface area contributed by atoms with Crippen molar-refractivity contribution in [3.8, 4) is 0 Å². The fourth-order valence-corrected chi connectivity index (χ4v) is 7.36. The summed E-state index contributed by atoms with van der Waals surface area (Å²) in [7, 11) is -4.76. The molecule has 0 aromatic heterocycles. The largest absolute Gasteiger partial charge is 0.472 e. The summed E-state index contributed by atoms with van der Waals surface area (Å²) in [6, 6.07) is 0. The number of phosphoric ester groups is 1. The maximum Gasteiger partial charge on any atom is 0.472 e. The molecule has 0 aromatic carbocycles. The van der Waals surface area contributed by atoms with Gasteiger partial charge in [-0.3, -0.25) is 23.4 Å². The molecule has 0 saturated carbocycles. The number of aliphatic hydroxyl groups excluding tert-OH is 1. The molecule has 11 nitrogen and oxygen atoms in total. The lowest BCUT2D eigenvalue weighted by Gasteiger charge is -2.21. The van der Waals surface area contributed by atoms with Gasteiger partial charge in [0.1, 0.15) is 12.7 Å². The fraction of sp³-hybridized carbons (Fsp3) is 0.661. The predicted octanol–water partition coefficient (Wildman–Crippen LogP) is 14.9. The molecule has 0 aliphatic carbocycles. The van der Waals surface area contributed by atoms with Crippen molar-refractivity contribution in [3.63, 3.8) is 0 Å². The standard InChI is InChI=1S/C56H93O11P/c1-4-7-10-13-16-19-21-23-24-25-26-27-28-30-32-35-38-41-44-47-56(60)67-53(49-63-54(58)45-42-39-36-34-31-29-22-20-17-14-11-8-5-2)51-65-68(61,62)64-50-52(48-57)66-55(59)46-43-40-37-33-18-15-12-9-6-3/h7-8,10-11,16-17,19-20,23-24,26-27,29-32,52-53,57H,4-6,9,12-15,18,21-22,25,28,33-51H2,1-3H3,(H,61,62)/b10-7-,11-8-,19-16-,20-17-,24-23-,27-26-,31-29-,32-30-. The fourth-order valence-electron chi connectivity index (χ4n) is 6.57. The second kappa shape index (κ2) is 49.8. The summed E-state index contributed by atoms with van der Waals surface area (Å²) in [6.07, 6.45) is 56.8. The molecule has 3 unspecified atom stereocenters. The van der Waals surface area contributed by atoms with Crippen LogP contribution in [0.3, 0.4) is 0 Å².